The lowest BCUT2D eigenvalue weighted by molar-refractivity contribution is 0.269. The monoisotopic (exact) mass is 433 g/mol. The van der Waals surface area contributed by atoms with E-state index in [0.29, 0.717) is 42.0 Å². The Balaban J connectivity index is 1.74. The van der Waals surface area contributed by atoms with Gasteiger partial charge in [0.25, 0.3) is 0 Å². The number of halogens is 3. The van der Waals surface area contributed by atoms with Crippen LogP contribution in [0.2, 0.25) is 10.0 Å². The predicted molar refractivity (Wildman–Crippen MR) is 117 cm³/mol. The first-order valence-corrected chi connectivity index (χ1v) is 10.0. The highest BCUT2D eigenvalue weighted by Crippen LogP contribution is 2.37. The second-order valence-corrected chi connectivity index (χ2v) is 7.41. The van der Waals surface area contributed by atoms with Gasteiger partial charge in [0, 0.05) is 12.2 Å². The lowest BCUT2D eigenvalue weighted by atomic mass is 10.1. The molecule has 0 unspecified atom stereocenters. The van der Waals surface area contributed by atoms with E-state index in [0.717, 1.165) is 11.1 Å². The number of aryl methyl sites for hydroxylation is 1. The maximum Gasteiger partial charge on any atom is 0.180 e. The number of hydrogen-bond donors (Lipinski definition) is 1. The van der Waals surface area contributed by atoms with Crippen LogP contribution in [-0.4, -0.2) is 6.61 Å². The summed E-state index contributed by atoms with van der Waals surface area (Å²) >= 11 is 12.3. The highest BCUT2D eigenvalue weighted by molar-refractivity contribution is 6.32. The molecule has 3 aromatic carbocycles. The van der Waals surface area contributed by atoms with Crippen molar-refractivity contribution in [2.75, 3.05) is 11.9 Å². The molecule has 6 heteroatoms. The molecule has 0 amide bonds. The highest BCUT2D eigenvalue weighted by atomic mass is 35.5. The Labute approximate surface area is 180 Å². The fraction of sp³-hybridized carbons (Fsp3) is 0.217. The fourth-order valence-electron chi connectivity index (χ4n) is 2.78. The van der Waals surface area contributed by atoms with Crippen molar-refractivity contribution in [3.8, 4) is 11.5 Å². The zero-order valence-electron chi connectivity index (χ0n) is 16.3. The van der Waals surface area contributed by atoms with E-state index < -0.39 is 5.82 Å². The maximum atomic E-state index is 13.3. The van der Waals surface area contributed by atoms with Gasteiger partial charge < -0.3 is 14.8 Å². The van der Waals surface area contributed by atoms with Crippen molar-refractivity contribution in [3.63, 3.8) is 0 Å². The SMILES string of the molecule is CCOc1cc(CNc2ccc(F)c(Cl)c2)cc(Cl)c1OCc1ccc(C)cc1. The van der Waals surface area contributed by atoms with Gasteiger partial charge in [-0.15, -0.1) is 0 Å². The van der Waals surface area contributed by atoms with Crippen LogP contribution in [0, 0.1) is 12.7 Å². The van der Waals surface area contributed by atoms with Crippen molar-refractivity contribution >= 4 is 28.9 Å². The van der Waals surface area contributed by atoms with E-state index in [4.69, 9.17) is 32.7 Å². The molecule has 0 atom stereocenters. The molecule has 0 aliphatic heterocycles. The third-order valence-corrected chi connectivity index (χ3v) is 4.86. The highest BCUT2D eigenvalue weighted by Gasteiger charge is 2.13. The second-order valence-electron chi connectivity index (χ2n) is 6.59. The molecule has 29 heavy (non-hydrogen) atoms. The van der Waals surface area contributed by atoms with Crippen LogP contribution in [0.5, 0.6) is 11.5 Å². The summed E-state index contributed by atoms with van der Waals surface area (Å²) in [6.45, 7) is 5.30. The smallest absolute Gasteiger partial charge is 0.180 e. The first kappa shape index (κ1) is 21.3. The van der Waals surface area contributed by atoms with Crippen LogP contribution in [0.4, 0.5) is 10.1 Å². The second kappa shape index (κ2) is 9.86. The van der Waals surface area contributed by atoms with E-state index in [1.807, 2.05) is 50.2 Å². The van der Waals surface area contributed by atoms with Gasteiger partial charge in [-0.3, -0.25) is 0 Å². The zero-order chi connectivity index (χ0) is 20.8. The van der Waals surface area contributed by atoms with Crippen LogP contribution in [0.25, 0.3) is 0 Å². The molecule has 3 nitrogen and oxygen atoms in total. The summed E-state index contributed by atoms with van der Waals surface area (Å²) in [6.07, 6.45) is 0. The van der Waals surface area contributed by atoms with E-state index in [1.54, 1.807) is 12.1 Å². The minimum atomic E-state index is -0.450. The first-order valence-electron chi connectivity index (χ1n) is 9.28. The standard InChI is InChI=1S/C23H22Cl2FNO2/c1-3-28-22-11-17(13-27-18-8-9-21(26)19(24)12-18)10-20(25)23(22)29-14-16-6-4-15(2)5-7-16/h4-12,27H,3,13-14H2,1-2H3. The minimum Gasteiger partial charge on any atom is -0.490 e. The summed E-state index contributed by atoms with van der Waals surface area (Å²) in [5.41, 5.74) is 3.86. The molecule has 0 heterocycles. The number of ether oxygens (including phenoxy) is 2. The molecule has 0 saturated heterocycles. The van der Waals surface area contributed by atoms with Crippen molar-refractivity contribution in [1.82, 2.24) is 0 Å². The Morgan fingerprint density at radius 1 is 0.897 bits per heavy atom. The van der Waals surface area contributed by atoms with Gasteiger partial charge in [-0.1, -0.05) is 53.0 Å². The molecule has 0 fully saturated rings. The number of nitrogens with one attached hydrogen (secondary N) is 1. The van der Waals surface area contributed by atoms with Crippen molar-refractivity contribution < 1.29 is 13.9 Å². The molecule has 1 N–H and O–H groups in total. The summed E-state index contributed by atoms with van der Waals surface area (Å²) in [5.74, 6) is 0.651. The summed E-state index contributed by atoms with van der Waals surface area (Å²) in [7, 11) is 0. The molecule has 0 aliphatic carbocycles. The van der Waals surface area contributed by atoms with Crippen LogP contribution in [-0.2, 0) is 13.2 Å². The largest absolute Gasteiger partial charge is 0.490 e. The fourth-order valence-corrected chi connectivity index (χ4v) is 3.24. The number of hydrogen-bond acceptors (Lipinski definition) is 3. The Morgan fingerprint density at radius 3 is 2.34 bits per heavy atom. The van der Waals surface area contributed by atoms with E-state index in [1.165, 1.54) is 11.6 Å². The Bertz CT molecular complexity index is 977. The van der Waals surface area contributed by atoms with Crippen LogP contribution in [0.3, 0.4) is 0 Å². The molecule has 0 bridgehead atoms. The number of rotatable bonds is 8. The topological polar surface area (TPSA) is 30.5 Å². The third-order valence-electron chi connectivity index (χ3n) is 4.29. The van der Waals surface area contributed by atoms with Gasteiger partial charge in [0.2, 0.25) is 0 Å². The third kappa shape index (κ3) is 5.78. The summed E-state index contributed by atoms with van der Waals surface area (Å²) in [5, 5.41) is 3.74. The van der Waals surface area contributed by atoms with Gasteiger partial charge in [0.1, 0.15) is 12.4 Å². The first-order chi connectivity index (χ1) is 14.0. The molecular formula is C23H22Cl2FNO2. The van der Waals surface area contributed by atoms with Gasteiger partial charge in [-0.05, 0) is 55.3 Å². The van der Waals surface area contributed by atoms with Gasteiger partial charge in [-0.2, -0.15) is 0 Å². The van der Waals surface area contributed by atoms with Gasteiger partial charge >= 0.3 is 0 Å². The van der Waals surface area contributed by atoms with Crippen molar-refractivity contribution in [2.45, 2.75) is 27.0 Å². The van der Waals surface area contributed by atoms with E-state index in [-0.39, 0.29) is 5.02 Å². The van der Waals surface area contributed by atoms with Gasteiger partial charge in [0.15, 0.2) is 11.5 Å². The number of anilines is 1. The van der Waals surface area contributed by atoms with Crippen molar-refractivity contribution in [2.24, 2.45) is 0 Å². The quantitative estimate of drug-likeness (QED) is 0.413. The van der Waals surface area contributed by atoms with Crippen molar-refractivity contribution in [1.29, 1.82) is 0 Å². The van der Waals surface area contributed by atoms with E-state index in [9.17, 15) is 4.39 Å². The van der Waals surface area contributed by atoms with Crippen molar-refractivity contribution in [3.05, 3.63) is 87.2 Å². The molecule has 0 radical (unpaired) electrons. The molecule has 0 aliphatic rings. The summed E-state index contributed by atoms with van der Waals surface area (Å²) in [4.78, 5) is 0. The lowest BCUT2D eigenvalue weighted by Gasteiger charge is -2.16. The lowest BCUT2D eigenvalue weighted by Crippen LogP contribution is -2.04. The zero-order valence-corrected chi connectivity index (χ0v) is 17.8. The summed E-state index contributed by atoms with van der Waals surface area (Å²) in [6, 6.07) is 16.3. The molecule has 0 aromatic heterocycles. The predicted octanol–water partition coefficient (Wildman–Crippen LogP) is 7.03. The molecule has 3 rings (SSSR count). The van der Waals surface area contributed by atoms with Crippen LogP contribution in [0.15, 0.2) is 54.6 Å². The normalized spacial score (nSPS) is 10.7. The van der Waals surface area contributed by atoms with Crippen LogP contribution < -0.4 is 14.8 Å². The van der Waals surface area contributed by atoms with E-state index >= 15 is 0 Å². The summed E-state index contributed by atoms with van der Waals surface area (Å²) < 4.78 is 25.0. The molecular weight excluding hydrogens is 412 g/mol. The molecule has 0 spiro atoms. The average molecular weight is 434 g/mol. The van der Waals surface area contributed by atoms with Gasteiger partial charge in [-0.25, -0.2) is 4.39 Å². The molecule has 152 valence electrons. The Kier molecular flexibility index (Phi) is 7.24. The van der Waals surface area contributed by atoms with Crippen LogP contribution >= 0.6 is 23.2 Å². The average Bonchev–Trinajstić information content (AvgIpc) is 2.70. The van der Waals surface area contributed by atoms with Gasteiger partial charge in [0.05, 0.1) is 16.7 Å². The molecule has 3 aromatic rings. The Hall–Kier alpha value is -2.43. The van der Waals surface area contributed by atoms with Crippen LogP contribution in [0.1, 0.15) is 23.6 Å². The minimum absolute atomic E-state index is 0.0721. The Morgan fingerprint density at radius 2 is 1.66 bits per heavy atom. The number of benzene rings is 3. The van der Waals surface area contributed by atoms with E-state index in [2.05, 4.69) is 5.32 Å². The maximum absolute atomic E-state index is 13.3. The molecule has 0 saturated carbocycles.